The molecule has 8 rings (SSSR count). The van der Waals surface area contributed by atoms with Gasteiger partial charge in [-0.3, -0.25) is 0 Å². The number of hydrogen-bond acceptors (Lipinski definition) is 1. The predicted octanol–water partition coefficient (Wildman–Crippen LogP) is 11.7. The van der Waals surface area contributed by atoms with Crippen LogP contribution in [0.1, 0.15) is 29.0 Å². The first kappa shape index (κ1) is 26.2. The minimum absolute atomic E-state index is 0.426. The standard InChI is InChI=1S/C43H33N/c1-3-12-35(13-4-1)44(36-14-5-2-6-15-36)37-27-24-33(25-28-37)32-22-19-31(20-23-32)21-29-40-39-17-9-10-18-41(39)43-38-16-8-7-11-34(38)26-30-42(40)43/h1-20,22-28,30,40H,21,29H2. The summed E-state index contributed by atoms with van der Waals surface area (Å²) in [5.74, 6) is 0.426. The van der Waals surface area contributed by atoms with E-state index in [1.165, 1.54) is 49.7 Å². The summed E-state index contributed by atoms with van der Waals surface area (Å²) in [6.07, 6.45) is 2.15. The molecule has 0 bridgehead atoms. The lowest BCUT2D eigenvalue weighted by Gasteiger charge is -2.25. The zero-order valence-corrected chi connectivity index (χ0v) is 24.6. The summed E-state index contributed by atoms with van der Waals surface area (Å²) < 4.78 is 0. The molecule has 1 nitrogen and oxygen atoms in total. The minimum Gasteiger partial charge on any atom is -0.311 e. The molecule has 44 heavy (non-hydrogen) atoms. The molecule has 0 fully saturated rings. The molecule has 0 spiro atoms. The molecule has 1 unspecified atom stereocenters. The van der Waals surface area contributed by atoms with Crippen molar-refractivity contribution < 1.29 is 0 Å². The van der Waals surface area contributed by atoms with E-state index < -0.39 is 0 Å². The SMILES string of the molecule is c1ccc(N(c2ccccc2)c2ccc(-c3ccc(CCC4c5ccccc5-c5c4ccc4ccccc54)cc3)cc2)cc1. The van der Waals surface area contributed by atoms with Gasteiger partial charge in [-0.2, -0.15) is 0 Å². The lowest BCUT2D eigenvalue weighted by atomic mass is 9.89. The molecular weight excluding hydrogens is 530 g/mol. The Kier molecular flexibility index (Phi) is 6.77. The van der Waals surface area contributed by atoms with Crippen LogP contribution in [0.2, 0.25) is 0 Å². The highest BCUT2D eigenvalue weighted by Crippen LogP contribution is 2.49. The van der Waals surface area contributed by atoms with Crippen molar-refractivity contribution in [3.05, 3.63) is 187 Å². The van der Waals surface area contributed by atoms with Gasteiger partial charge in [0.25, 0.3) is 0 Å². The molecule has 1 atom stereocenters. The van der Waals surface area contributed by atoms with Gasteiger partial charge in [0.15, 0.2) is 0 Å². The van der Waals surface area contributed by atoms with Crippen molar-refractivity contribution >= 4 is 27.8 Å². The predicted molar refractivity (Wildman–Crippen MR) is 186 cm³/mol. The first-order valence-corrected chi connectivity index (χ1v) is 15.5. The number of rotatable bonds is 7. The third kappa shape index (κ3) is 4.77. The summed E-state index contributed by atoms with van der Waals surface area (Å²) in [6, 6.07) is 61.7. The Morgan fingerprint density at radius 2 is 1.00 bits per heavy atom. The van der Waals surface area contributed by atoms with Gasteiger partial charge in [0.2, 0.25) is 0 Å². The zero-order valence-electron chi connectivity index (χ0n) is 24.6. The van der Waals surface area contributed by atoms with Crippen LogP contribution in [0.4, 0.5) is 17.1 Å². The number of hydrogen-bond donors (Lipinski definition) is 0. The highest BCUT2D eigenvalue weighted by atomic mass is 15.1. The quantitative estimate of drug-likeness (QED) is 0.186. The molecule has 1 heteroatoms. The van der Waals surface area contributed by atoms with E-state index in [0.29, 0.717) is 5.92 Å². The Bertz CT molecular complexity index is 2000. The first-order valence-electron chi connectivity index (χ1n) is 15.5. The Morgan fingerprint density at radius 3 is 1.70 bits per heavy atom. The molecule has 1 aliphatic rings. The van der Waals surface area contributed by atoms with Gasteiger partial charge in [0.05, 0.1) is 0 Å². The second-order valence-corrected chi connectivity index (χ2v) is 11.7. The minimum atomic E-state index is 0.426. The molecule has 0 aromatic heterocycles. The topological polar surface area (TPSA) is 3.24 Å². The van der Waals surface area contributed by atoms with E-state index in [4.69, 9.17) is 0 Å². The van der Waals surface area contributed by atoms with Crippen LogP contribution in [0.25, 0.3) is 33.0 Å². The van der Waals surface area contributed by atoms with Gasteiger partial charge in [-0.25, -0.2) is 0 Å². The maximum Gasteiger partial charge on any atom is 0.0462 e. The molecule has 7 aromatic rings. The molecule has 1 aliphatic carbocycles. The zero-order chi connectivity index (χ0) is 29.3. The molecule has 210 valence electrons. The average molecular weight is 564 g/mol. The molecule has 7 aromatic carbocycles. The summed E-state index contributed by atoms with van der Waals surface area (Å²) in [4.78, 5) is 2.30. The fourth-order valence-electron chi connectivity index (χ4n) is 6.97. The van der Waals surface area contributed by atoms with Crippen LogP contribution in [0.3, 0.4) is 0 Å². The van der Waals surface area contributed by atoms with Gasteiger partial charge in [0, 0.05) is 23.0 Å². The summed E-state index contributed by atoms with van der Waals surface area (Å²) >= 11 is 0. The smallest absolute Gasteiger partial charge is 0.0462 e. The summed E-state index contributed by atoms with van der Waals surface area (Å²) in [5, 5.41) is 2.68. The normalized spacial score (nSPS) is 13.4. The van der Waals surface area contributed by atoms with E-state index in [-0.39, 0.29) is 0 Å². The van der Waals surface area contributed by atoms with Crippen molar-refractivity contribution in [2.75, 3.05) is 4.90 Å². The van der Waals surface area contributed by atoms with Crippen LogP contribution in [-0.4, -0.2) is 0 Å². The van der Waals surface area contributed by atoms with Crippen LogP contribution >= 0.6 is 0 Å². The van der Waals surface area contributed by atoms with Crippen molar-refractivity contribution in [1.29, 1.82) is 0 Å². The fraction of sp³-hybridized carbons (Fsp3) is 0.0698. The molecule has 0 saturated carbocycles. The number of aryl methyl sites for hydroxylation is 1. The van der Waals surface area contributed by atoms with Crippen LogP contribution in [0.5, 0.6) is 0 Å². The summed E-state index contributed by atoms with van der Waals surface area (Å²) in [5.41, 5.74) is 13.1. The van der Waals surface area contributed by atoms with Crippen LogP contribution in [0.15, 0.2) is 170 Å². The second kappa shape index (κ2) is 11.4. The number of nitrogens with zero attached hydrogens (tertiary/aromatic N) is 1. The maximum absolute atomic E-state index is 2.37. The van der Waals surface area contributed by atoms with Crippen molar-refractivity contribution in [3.8, 4) is 22.3 Å². The highest BCUT2D eigenvalue weighted by molar-refractivity contribution is 6.01. The third-order valence-electron chi connectivity index (χ3n) is 9.11. The van der Waals surface area contributed by atoms with Gasteiger partial charge in [-0.15, -0.1) is 0 Å². The van der Waals surface area contributed by atoms with Gasteiger partial charge in [0.1, 0.15) is 0 Å². The number of anilines is 3. The van der Waals surface area contributed by atoms with E-state index in [1.807, 2.05) is 0 Å². The number of fused-ring (bicyclic) bond motifs is 5. The second-order valence-electron chi connectivity index (χ2n) is 11.7. The molecule has 0 saturated heterocycles. The number of benzene rings is 7. The van der Waals surface area contributed by atoms with Gasteiger partial charge in [-0.1, -0.05) is 133 Å². The molecule has 0 amide bonds. The maximum atomic E-state index is 2.37. The molecule has 0 N–H and O–H groups in total. The molecule has 0 aliphatic heterocycles. The Hall–Kier alpha value is -5.40. The lowest BCUT2D eigenvalue weighted by molar-refractivity contribution is 0.730. The van der Waals surface area contributed by atoms with Crippen LogP contribution in [-0.2, 0) is 6.42 Å². The molecular formula is C43H33N. The van der Waals surface area contributed by atoms with E-state index in [2.05, 4.69) is 175 Å². The summed E-state index contributed by atoms with van der Waals surface area (Å²) in [7, 11) is 0. The van der Waals surface area contributed by atoms with Gasteiger partial charge in [-0.05, 0) is 99.0 Å². The highest BCUT2D eigenvalue weighted by Gasteiger charge is 2.29. The van der Waals surface area contributed by atoms with Gasteiger partial charge >= 0.3 is 0 Å². The lowest BCUT2D eigenvalue weighted by Crippen LogP contribution is -2.09. The average Bonchev–Trinajstić information content (AvgIpc) is 3.43. The Labute approximate surface area is 259 Å². The summed E-state index contributed by atoms with van der Waals surface area (Å²) in [6.45, 7) is 0. The van der Waals surface area contributed by atoms with E-state index in [1.54, 1.807) is 0 Å². The van der Waals surface area contributed by atoms with E-state index in [0.717, 1.165) is 29.9 Å². The van der Waals surface area contributed by atoms with Crippen molar-refractivity contribution in [1.82, 2.24) is 0 Å². The van der Waals surface area contributed by atoms with Crippen LogP contribution < -0.4 is 4.90 Å². The monoisotopic (exact) mass is 563 g/mol. The van der Waals surface area contributed by atoms with E-state index >= 15 is 0 Å². The molecule has 0 heterocycles. The van der Waals surface area contributed by atoms with Crippen molar-refractivity contribution in [2.24, 2.45) is 0 Å². The Morgan fingerprint density at radius 1 is 0.432 bits per heavy atom. The van der Waals surface area contributed by atoms with E-state index in [9.17, 15) is 0 Å². The Balaban J connectivity index is 1.02. The van der Waals surface area contributed by atoms with Crippen molar-refractivity contribution in [3.63, 3.8) is 0 Å². The fourth-order valence-corrected chi connectivity index (χ4v) is 6.97. The molecule has 0 radical (unpaired) electrons. The number of para-hydroxylation sites is 2. The van der Waals surface area contributed by atoms with Crippen molar-refractivity contribution in [2.45, 2.75) is 18.8 Å². The van der Waals surface area contributed by atoms with Gasteiger partial charge < -0.3 is 4.90 Å². The first-order chi connectivity index (χ1) is 21.8. The third-order valence-corrected chi connectivity index (χ3v) is 9.11. The largest absolute Gasteiger partial charge is 0.311 e. The van der Waals surface area contributed by atoms with Crippen LogP contribution in [0, 0.1) is 0 Å².